The van der Waals surface area contributed by atoms with Crippen molar-refractivity contribution in [3.63, 3.8) is 0 Å². The monoisotopic (exact) mass is 326 g/mol. The summed E-state index contributed by atoms with van der Waals surface area (Å²) in [6.07, 6.45) is 1.63. The zero-order chi connectivity index (χ0) is 16.4. The maximum absolute atomic E-state index is 12.3. The van der Waals surface area contributed by atoms with Crippen LogP contribution < -0.4 is 5.32 Å². The highest BCUT2D eigenvalue weighted by Gasteiger charge is 2.13. The van der Waals surface area contributed by atoms with Crippen LogP contribution in [-0.4, -0.2) is 10.9 Å². The third-order valence-electron chi connectivity index (χ3n) is 3.52. The lowest BCUT2D eigenvalue weighted by molar-refractivity contribution is 0.0951. The average molecular weight is 326 g/mol. The third kappa shape index (κ3) is 3.51. The molecule has 0 saturated carbocycles. The maximum atomic E-state index is 12.3. The molecule has 0 spiro atoms. The molecule has 0 saturated heterocycles. The number of hydrogen-bond acceptors (Lipinski definition) is 4. The van der Waals surface area contributed by atoms with Crippen molar-refractivity contribution in [2.75, 3.05) is 0 Å². The molecule has 0 aliphatic heterocycles. The van der Waals surface area contributed by atoms with Gasteiger partial charge < -0.3 is 9.73 Å². The van der Waals surface area contributed by atoms with Gasteiger partial charge in [0.05, 0.1) is 18.5 Å². The van der Waals surface area contributed by atoms with E-state index in [2.05, 4.69) is 16.4 Å². The molecule has 4 nitrogen and oxygen atoms in total. The largest absolute Gasteiger partial charge is 0.462 e. The number of carbonyl (C=O) groups excluding carboxylic acids is 1. The molecular formula is C18H18N2O2S. The van der Waals surface area contributed by atoms with Crippen molar-refractivity contribution in [1.82, 2.24) is 10.3 Å². The fourth-order valence-corrected chi connectivity index (χ4v) is 3.44. The standard InChI is InChI=1S/C18H18N2O2S/c1-11-7-12(2)9-14(8-11)17(21)19-10-16-13(3)20-18(23-16)15-5-4-6-22-15/h4-9H,10H2,1-3H3,(H,19,21). The molecule has 118 valence electrons. The van der Waals surface area contributed by atoms with E-state index in [0.717, 1.165) is 32.5 Å². The van der Waals surface area contributed by atoms with Crippen molar-refractivity contribution in [3.05, 3.63) is 63.9 Å². The van der Waals surface area contributed by atoms with E-state index < -0.39 is 0 Å². The first-order valence-corrected chi connectivity index (χ1v) is 8.21. The number of aryl methyl sites for hydroxylation is 3. The van der Waals surface area contributed by atoms with Gasteiger partial charge in [0.15, 0.2) is 10.8 Å². The summed E-state index contributed by atoms with van der Waals surface area (Å²) < 4.78 is 5.37. The molecular weight excluding hydrogens is 308 g/mol. The van der Waals surface area contributed by atoms with Gasteiger partial charge in [0.2, 0.25) is 0 Å². The van der Waals surface area contributed by atoms with Gasteiger partial charge in [-0.25, -0.2) is 4.98 Å². The average Bonchev–Trinajstić information content (AvgIpc) is 3.13. The molecule has 0 radical (unpaired) electrons. The van der Waals surface area contributed by atoms with Crippen molar-refractivity contribution in [2.24, 2.45) is 0 Å². The Morgan fingerprint density at radius 2 is 1.96 bits per heavy atom. The zero-order valence-corrected chi connectivity index (χ0v) is 14.2. The maximum Gasteiger partial charge on any atom is 0.251 e. The molecule has 5 heteroatoms. The van der Waals surface area contributed by atoms with E-state index in [-0.39, 0.29) is 5.91 Å². The van der Waals surface area contributed by atoms with Crippen LogP contribution in [0.25, 0.3) is 10.8 Å². The van der Waals surface area contributed by atoms with Crippen LogP contribution in [0.15, 0.2) is 41.0 Å². The summed E-state index contributed by atoms with van der Waals surface area (Å²) >= 11 is 1.54. The number of benzene rings is 1. The lowest BCUT2D eigenvalue weighted by atomic mass is 10.1. The lowest BCUT2D eigenvalue weighted by Crippen LogP contribution is -2.22. The Balaban J connectivity index is 1.72. The fraction of sp³-hybridized carbons (Fsp3) is 0.222. The summed E-state index contributed by atoms with van der Waals surface area (Å²) in [5.74, 6) is 0.689. The van der Waals surface area contributed by atoms with Gasteiger partial charge in [-0.3, -0.25) is 4.79 Å². The smallest absolute Gasteiger partial charge is 0.251 e. The highest BCUT2D eigenvalue weighted by molar-refractivity contribution is 7.15. The van der Waals surface area contributed by atoms with Crippen molar-refractivity contribution in [3.8, 4) is 10.8 Å². The first-order chi connectivity index (χ1) is 11.0. The number of rotatable bonds is 4. The first-order valence-electron chi connectivity index (χ1n) is 7.39. The summed E-state index contributed by atoms with van der Waals surface area (Å²) in [7, 11) is 0. The van der Waals surface area contributed by atoms with Crippen molar-refractivity contribution < 1.29 is 9.21 Å². The van der Waals surface area contributed by atoms with Crippen molar-refractivity contribution in [1.29, 1.82) is 0 Å². The Labute approximate surface area is 139 Å². The SMILES string of the molecule is Cc1cc(C)cc(C(=O)NCc2sc(-c3ccco3)nc2C)c1. The molecule has 1 aromatic carbocycles. The van der Waals surface area contributed by atoms with Gasteiger partial charge in [0, 0.05) is 10.4 Å². The number of hydrogen-bond donors (Lipinski definition) is 1. The molecule has 1 N–H and O–H groups in total. The summed E-state index contributed by atoms with van der Waals surface area (Å²) in [5, 5.41) is 3.81. The molecule has 2 aromatic heterocycles. The van der Waals surface area contributed by atoms with Crippen LogP contribution in [0.3, 0.4) is 0 Å². The molecule has 0 fully saturated rings. The van der Waals surface area contributed by atoms with Crippen molar-refractivity contribution in [2.45, 2.75) is 27.3 Å². The van der Waals surface area contributed by atoms with Gasteiger partial charge >= 0.3 is 0 Å². The summed E-state index contributed by atoms with van der Waals surface area (Å²) in [4.78, 5) is 17.9. The Morgan fingerprint density at radius 3 is 2.61 bits per heavy atom. The highest BCUT2D eigenvalue weighted by Crippen LogP contribution is 2.28. The van der Waals surface area contributed by atoms with Crippen molar-refractivity contribution >= 4 is 17.2 Å². The molecule has 0 bridgehead atoms. The Hall–Kier alpha value is -2.40. The topological polar surface area (TPSA) is 55.1 Å². The first kappa shape index (κ1) is 15.5. The number of aromatic nitrogens is 1. The van der Waals surface area contributed by atoms with Gasteiger partial charge in [-0.1, -0.05) is 17.2 Å². The number of amides is 1. The minimum atomic E-state index is -0.0656. The quantitative estimate of drug-likeness (QED) is 0.779. The third-order valence-corrected chi connectivity index (χ3v) is 4.69. The van der Waals surface area contributed by atoms with Crippen LogP contribution in [0.5, 0.6) is 0 Å². The van der Waals surface area contributed by atoms with Crippen LogP contribution in [-0.2, 0) is 6.54 Å². The Bertz CT molecular complexity index is 815. The molecule has 0 atom stereocenters. The Kier molecular flexibility index (Phi) is 4.30. The van der Waals surface area contributed by atoms with E-state index in [4.69, 9.17) is 4.42 Å². The summed E-state index contributed by atoms with van der Waals surface area (Å²) in [6.45, 7) is 6.40. The van der Waals surface area contributed by atoms with Gasteiger partial charge in [-0.2, -0.15) is 0 Å². The summed E-state index contributed by atoms with van der Waals surface area (Å²) in [6, 6.07) is 9.58. The molecule has 23 heavy (non-hydrogen) atoms. The van der Waals surface area contributed by atoms with Gasteiger partial charge in [-0.15, -0.1) is 11.3 Å². The van der Waals surface area contributed by atoms with Gasteiger partial charge in [0.25, 0.3) is 5.91 Å². The predicted octanol–water partition coefficient (Wildman–Crippen LogP) is 4.26. The number of carbonyl (C=O) groups is 1. The second-order valence-corrected chi connectivity index (χ2v) is 6.65. The van der Waals surface area contributed by atoms with Crippen LogP contribution in [0.4, 0.5) is 0 Å². The number of furan rings is 1. The second-order valence-electron chi connectivity index (χ2n) is 5.56. The van der Waals surface area contributed by atoms with E-state index in [1.807, 2.05) is 45.0 Å². The summed E-state index contributed by atoms with van der Waals surface area (Å²) in [5.41, 5.74) is 3.78. The molecule has 1 amide bonds. The van der Waals surface area contributed by atoms with E-state index >= 15 is 0 Å². The van der Waals surface area contributed by atoms with E-state index in [1.54, 1.807) is 17.6 Å². The number of nitrogens with zero attached hydrogens (tertiary/aromatic N) is 1. The second kappa shape index (κ2) is 6.38. The predicted molar refractivity (Wildman–Crippen MR) is 91.6 cm³/mol. The fourth-order valence-electron chi connectivity index (χ4n) is 2.47. The lowest BCUT2D eigenvalue weighted by Gasteiger charge is -2.06. The number of nitrogens with one attached hydrogen (secondary N) is 1. The van der Waals surface area contributed by atoms with Gasteiger partial charge in [0.1, 0.15) is 0 Å². The van der Waals surface area contributed by atoms with Gasteiger partial charge in [-0.05, 0) is 45.0 Å². The van der Waals surface area contributed by atoms with E-state index in [9.17, 15) is 4.79 Å². The molecule has 3 rings (SSSR count). The molecule has 0 unspecified atom stereocenters. The number of thiazole rings is 1. The van der Waals surface area contributed by atoms with E-state index in [1.165, 1.54) is 0 Å². The van der Waals surface area contributed by atoms with Crippen LogP contribution >= 0.6 is 11.3 Å². The highest BCUT2D eigenvalue weighted by atomic mass is 32.1. The molecule has 3 aromatic rings. The van der Waals surface area contributed by atoms with Crippen LogP contribution in [0.1, 0.15) is 32.1 Å². The van der Waals surface area contributed by atoms with Crippen LogP contribution in [0, 0.1) is 20.8 Å². The molecule has 0 aliphatic carbocycles. The molecule has 2 heterocycles. The molecule has 0 aliphatic rings. The van der Waals surface area contributed by atoms with E-state index in [0.29, 0.717) is 12.1 Å². The Morgan fingerprint density at radius 1 is 1.22 bits per heavy atom. The minimum Gasteiger partial charge on any atom is -0.462 e. The van der Waals surface area contributed by atoms with Crippen LogP contribution in [0.2, 0.25) is 0 Å². The minimum absolute atomic E-state index is 0.0656. The normalized spacial score (nSPS) is 10.7. The zero-order valence-electron chi connectivity index (χ0n) is 13.3.